The van der Waals surface area contributed by atoms with Crippen molar-refractivity contribution in [1.82, 2.24) is 0 Å². The van der Waals surface area contributed by atoms with Gasteiger partial charge in [0.05, 0.1) is 0 Å². The first kappa shape index (κ1) is 53.4. The second kappa shape index (κ2) is 45.1. The molecule has 0 rings (SSSR count). The zero-order chi connectivity index (χ0) is 40.8. The number of carbonyl (C=O) groups excluding carboxylic acids is 3. The maximum atomic E-state index is 12.7. The van der Waals surface area contributed by atoms with Crippen LogP contribution in [0, 0.1) is 0 Å². The van der Waals surface area contributed by atoms with Gasteiger partial charge >= 0.3 is 17.9 Å². The minimum atomic E-state index is -0.768. The van der Waals surface area contributed by atoms with Crippen LogP contribution in [0.4, 0.5) is 0 Å². The Labute approximate surface area is 346 Å². The molecule has 0 aromatic carbocycles. The standard InChI is InChI=1S/C50H88O6/c1-4-7-10-13-16-19-20-21-22-23-24-25-26-27-28-29-30-32-34-37-40-43-49(52)55-46-47(45-54-48(51)42-39-36-33-18-15-12-9-6-3)56-50(53)44-41-38-35-31-17-14-11-8-5-2/h7,10,16,19,21-22,24-25,47H,4-6,8-9,11-15,17-18,20,23,26-46H2,1-3H3/b10-7-,19-16-,22-21-,25-24-. The third-order valence-electron chi connectivity index (χ3n) is 10.1. The zero-order valence-corrected chi connectivity index (χ0v) is 36.9. The van der Waals surface area contributed by atoms with E-state index in [0.717, 1.165) is 89.9 Å². The second-order valence-corrected chi connectivity index (χ2v) is 15.6. The lowest BCUT2D eigenvalue weighted by molar-refractivity contribution is -0.167. The molecule has 1 atom stereocenters. The van der Waals surface area contributed by atoms with Crippen molar-refractivity contribution < 1.29 is 28.6 Å². The largest absolute Gasteiger partial charge is 0.462 e. The summed E-state index contributed by atoms with van der Waals surface area (Å²) < 4.78 is 16.7. The lowest BCUT2D eigenvalue weighted by Crippen LogP contribution is -2.30. The molecule has 0 spiro atoms. The van der Waals surface area contributed by atoms with E-state index >= 15 is 0 Å². The maximum absolute atomic E-state index is 12.7. The molecule has 6 heteroatoms. The van der Waals surface area contributed by atoms with Gasteiger partial charge in [-0.05, 0) is 57.8 Å². The quantitative estimate of drug-likeness (QED) is 0.0265. The Hall–Kier alpha value is -2.63. The van der Waals surface area contributed by atoms with Gasteiger partial charge in [0.2, 0.25) is 0 Å². The average molecular weight is 785 g/mol. The van der Waals surface area contributed by atoms with Crippen molar-refractivity contribution in [3.05, 3.63) is 48.6 Å². The fraction of sp³-hybridized carbons (Fsp3) is 0.780. The summed E-state index contributed by atoms with van der Waals surface area (Å²) in [7, 11) is 0. The molecule has 1 unspecified atom stereocenters. The number of ether oxygens (including phenoxy) is 3. The van der Waals surface area contributed by atoms with Crippen molar-refractivity contribution in [3.63, 3.8) is 0 Å². The molecule has 6 nitrogen and oxygen atoms in total. The summed E-state index contributed by atoms with van der Waals surface area (Å²) in [6.07, 6.45) is 52.5. The SMILES string of the molecule is CC/C=C\C/C=C\C/C=C\C/C=C\CCCCCCCCCCC(=O)OCC(COC(=O)CCCCCCCCCC)OC(=O)CCCCCCCCCCC. The van der Waals surface area contributed by atoms with Gasteiger partial charge in [-0.2, -0.15) is 0 Å². The number of allylic oxidation sites excluding steroid dienone is 8. The Bertz CT molecular complexity index is 996. The number of carbonyl (C=O) groups is 3. The van der Waals surface area contributed by atoms with Crippen LogP contribution in [0.1, 0.15) is 233 Å². The molecule has 0 aliphatic heterocycles. The number of hydrogen-bond acceptors (Lipinski definition) is 6. The first-order valence-electron chi connectivity index (χ1n) is 23.6. The Balaban J connectivity index is 4.21. The number of hydrogen-bond donors (Lipinski definition) is 0. The third kappa shape index (κ3) is 42.5. The Morgan fingerprint density at radius 3 is 1.09 bits per heavy atom. The van der Waals surface area contributed by atoms with E-state index in [1.54, 1.807) is 0 Å². The molecule has 0 aromatic heterocycles. The highest BCUT2D eigenvalue weighted by molar-refractivity contribution is 5.71. The van der Waals surface area contributed by atoms with Crippen molar-refractivity contribution in [1.29, 1.82) is 0 Å². The molecule has 0 aromatic rings. The van der Waals surface area contributed by atoms with Gasteiger partial charge in [-0.1, -0.05) is 204 Å². The van der Waals surface area contributed by atoms with Crippen molar-refractivity contribution in [3.8, 4) is 0 Å². The number of unbranched alkanes of at least 4 members (excludes halogenated alkanes) is 23. The fourth-order valence-corrected chi connectivity index (χ4v) is 6.55. The minimum Gasteiger partial charge on any atom is -0.462 e. The van der Waals surface area contributed by atoms with Crippen LogP contribution in [0.3, 0.4) is 0 Å². The van der Waals surface area contributed by atoms with Crippen molar-refractivity contribution >= 4 is 17.9 Å². The Kier molecular flexibility index (Phi) is 43.0. The van der Waals surface area contributed by atoms with Gasteiger partial charge in [-0.3, -0.25) is 14.4 Å². The Morgan fingerprint density at radius 1 is 0.375 bits per heavy atom. The van der Waals surface area contributed by atoms with Crippen molar-refractivity contribution in [2.24, 2.45) is 0 Å². The Morgan fingerprint density at radius 2 is 0.696 bits per heavy atom. The summed E-state index contributed by atoms with van der Waals surface area (Å²) in [5.74, 6) is -0.887. The fourth-order valence-electron chi connectivity index (χ4n) is 6.55. The van der Waals surface area contributed by atoms with Crippen LogP contribution in [-0.4, -0.2) is 37.2 Å². The van der Waals surface area contributed by atoms with Gasteiger partial charge in [-0.25, -0.2) is 0 Å². The summed E-state index contributed by atoms with van der Waals surface area (Å²) in [6.45, 7) is 6.47. The van der Waals surface area contributed by atoms with Crippen molar-refractivity contribution in [2.45, 2.75) is 239 Å². The predicted molar refractivity (Wildman–Crippen MR) is 238 cm³/mol. The average Bonchev–Trinajstić information content (AvgIpc) is 3.19. The minimum absolute atomic E-state index is 0.0733. The lowest BCUT2D eigenvalue weighted by Gasteiger charge is -2.18. The number of rotatable bonds is 42. The number of esters is 3. The summed E-state index contributed by atoms with van der Waals surface area (Å²) in [5.41, 5.74) is 0. The normalized spacial score (nSPS) is 12.4. The molecule has 0 fully saturated rings. The van der Waals surface area contributed by atoms with E-state index in [0.29, 0.717) is 19.3 Å². The zero-order valence-electron chi connectivity index (χ0n) is 36.9. The molecular weight excluding hydrogens is 697 g/mol. The van der Waals surface area contributed by atoms with Gasteiger partial charge in [0.15, 0.2) is 6.10 Å². The highest BCUT2D eigenvalue weighted by atomic mass is 16.6. The smallest absolute Gasteiger partial charge is 0.306 e. The molecule has 0 bridgehead atoms. The topological polar surface area (TPSA) is 78.9 Å². The van der Waals surface area contributed by atoms with E-state index in [-0.39, 0.29) is 31.1 Å². The van der Waals surface area contributed by atoms with E-state index in [1.165, 1.54) is 103 Å². The summed E-state index contributed by atoms with van der Waals surface area (Å²) >= 11 is 0. The van der Waals surface area contributed by atoms with Gasteiger partial charge < -0.3 is 14.2 Å². The molecule has 0 aliphatic rings. The molecule has 0 aliphatic carbocycles. The summed E-state index contributed by atoms with van der Waals surface area (Å²) in [6, 6.07) is 0. The highest BCUT2D eigenvalue weighted by Crippen LogP contribution is 2.14. The molecule has 0 heterocycles. The van der Waals surface area contributed by atoms with E-state index in [1.807, 2.05) is 0 Å². The van der Waals surface area contributed by atoms with E-state index in [9.17, 15) is 14.4 Å². The molecule has 56 heavy (non-hydrogen) atoms. The van der Waals surface area contributed by atoms with E-state index in [4.69, 9.17) is 14.2 Å². The van der Waals surface area contributed by atoms with Crippen LogP contribution in [0.5, 0.6) is 0 Å². The molecular formula is C50H88O6. The van der Waals surface area contributed by atoms with Crippen LogP contribution in [0.2, 0.25) is 0 Å². The van der Waals surface area contributed by atoms with E-state index < -0.39 is 6.10 Å². The van der Waals surface area contributed by atoms with Gasteiger partial charge in [0, 0.05) is 19.3 Å². The van der Waals surface area contributed by atoms with E-state index in [2.05, 4.69) is 69.4 Å². The first-order chi connectivity index (χ1) is 27.5. The van der Waals surface area contributed by atoms with Crippen LogP contribution < -0.4 is 0 Å². The van der Waals surface area contributed by atoms with Crippen LogP contribution in [0.25, 0.3) is 0 Å². The van der Waals surface area contributed by atoms with Crippen LogP contribution in [0.15, 0.2) is 48.6 Å². The summed E-state index contributed by atoms with van der Waals surface area (Å²) in [5, 5.41) is 0. The van der Waals surface area contributed by atoms with Crippen LogP contribution >= 0.6 is 0 Å². The maximum Gasteiger partial charge on any atom is 0.306 e. The lowest BCUT2D eigenvalue weighted by atomic mass is 10.1. The highest BCUT2D eigenvalue weighted by Gasteiger charge is 2.19. The second-order valence-electron chi connectivity index (χ2n) is 15.6. The van der Waals surface area contributed by atoms with Crippen molar-refractivity contribution in [2.75, 3.05) is 13.2 Å². The molecule has 0 amide bonds. The van der Waals surface area contributed by atoms with Gasteiger partial charge in [0.1, 0.15) is 13.2 Å². The molecule has 324 valence electrons. The third-order valence-corrected chi connectivity index (χ3v) is 10.1. The monoisotopic (exact) mass is 785 g/mol. The molecule has 0 saturated carbocycles. The molecule has 0 radical (unpaired) electrons. The van der Waals surface area contributed by atoms with Crippen LogP contribution in [-0.2, 0) is 28.6 Å². The van der Waals surface area contributed by atoms with Gasteiger partial charge in [0.25, 0.3) is 0 Å². The van der Waals surface area contributed by atoms with Gasteiger partial charge in [-0.15, -0.1) is 0 Å². The predicted octanol–water partition coefficient (Wildman–Crippen LogP) is 15.1. The molecule has 0 saturated heterocycles. The first-order valence-corrected chi connectivity index (χ1v) is 23.6. The summed E-state index contributed by atoms with van der Waals surface area (Å²) in [4.78, 5) is 37.6. The molecule has 0 N–H and O–H groups in total.